The Morgan fingerprint density at radius 1 is 1.23 bits per heavy atom. The number of nitrogens with zero attached hydrogens (tertiary/aromatic N) is 1. The number of hydrogen-bond acceptors (Lipinski definition) is 5. The van der Waals surface area contributed by atoms with Crippen LogP contribution in [0.15, 0.2) is 36.5 Å². The van der Waals surface area contributed by atoms with Crippen LogP contribution < -0.4 is 9.47 Å². The summed E-state index contributed by atoms with van der Waals surface area (Å²) in [7, 11) is -1.47. The van der Waals surface area contributed by atoms with Gasteiger partial charge in [0, 0.05) is 6.20 Å². The molecule has 1 unspecified atom stereocenters. The third kappa shape index (κ3) is 6.31. The van der Waals surface area contributed by atoms with Gasteiger partial charge in [0.1, 0.15) is 11.5 Å². The van der Waals surface area contributed by atoms with Gasteiger partial charge in [0.2, 0.25) is 0 Å². The van der Waals surface area contributed by atoms with Crippen molar-refractivity contribution in [2.24, 2.45) is 0 Å². The van der Waals surface area contributed by atoms with Crippen LogP contribution in [0.5, 0.6) is 17.4 Å². The highest BCUT2D eigenvalue weighted by Gasteiger charge is 2.21. The van der Waals surface area contributed by atoms with E-state index in [9.17, 15) is 9.18 Å². The smallest absolute Gasteiger partial charge is 0.346 e. The van der Waals surface area contributed by atoms with Crippen LogP contribution in [-0.4, -0.2) is 31.4 Å². The minimum Gasteiger partial charge on any atom is -0.479 e. The summed E-state index contributed by atoms with van der Waals surface area (Å²) >= 11 is 5.65. The Bertz CT molecular complexity index is 765. The van der Waals surface area contributed by atoms with E-state index in [0.717, 1.165) is 6.07 Å². The fourth-order valence-corrected chi connectivity index (χ4v) is 2.55. The van der Waals surface area contributed by atoms with Crippen LogP contribution in [0.2, 0.25) is 24.7 Å². The zero-order valence-corrected chi connectivity index (χ0v) is 16.8. The number of ether oxygens (including phenoxy) is 3. The molecule has 0 saturated carbocycles. The van der Waals surface area contributed by atoms with Crippen LogP contribution in [0.25, 0.3) is 0 Å². The molecule has 2 aromatic rings. The van der Waals surface area contributed by atoms with Crippen molar-refractivity contribution in [1.82, 2.24) is 4.98 Å². The van der Waals surface area contributed by atoms with Gasteiger partial charge in [0.05, 0.1) is 19.3 Å². The fraction of sp³-hybridized carbons (Fsp3) is 0.333. The fourth-order valence-electron chi connectivity index (χ4n) is 1.83. The van der Waals surface area contributed by atoms with Gasteiger partial charge >= 0.3 is 5.97 Å². The van der Waals surface area contributed by atoms with Crippen molar-refractivity contribution in [3.05, 3.63) is 47.4 Å². The Kier molecular flexibility index (Phi) is 6.61. The number of halogens is 2. The number of benzene rings is 1. The van der Waals surface area contributed by atoms with E-state index in [0.29, 0.717) is 17.7 Å². The van der Waals surface area contributed by atoms with E-state index in [1.807, 2.05) is 0 Å². The van der Waals surface area contributed by atoms with Gasteiger partial charge in [-0.3, -0.25) is 0 Å². The lowest BCUT2D eigenvalue weighted by Crippen LogP contribution is -2.34. The summed E-state index contributed by atoms with van der Waals surface area (Å²) in [5, 5.41) is 0.189. The number of rotatable bonds is 7. The summed E-state index contributed by atoms with van der Waals surface area (Å²) in [6.45, 7) is 7.97. The molecule has 5 nitrogen and oxygen atoms in total. The molecule has 1 aromatic heterocycles. The molecule has 0 saturated heterocycles. The summed E-state index contributed by atoms with van der Waals surface area (Å²) in [4.78, 5) is 15.7. The molecular weight excluding hydrogens is 377 g/mol. The Morgan fingerprint density at radius 2 is 1.85 bits per heavy atom. The topological polar surface area (TPSA) is 57.7 Å². The molecule has 140 valence electrons. The van der Waals surface area contributed by atoms with E-state index in [4.69, 9.17) is 25.8 Å². The molecule has 0 radical (unpaired) electrons. The average Bonchev–Trinajstić information content (AvgIpc) is 2.56. The van der Waals surface area contributed by atoms with E-state index in [-0.39, 0.29) is 10.9 Å². The minimum atomic E-state index is -1.47. The highest BCUT2D eigenvalue weighted by atomic mass is 35.5. The lowest BCUT2D eigenvalue weighted by atomic mass is 10.3. The van der Waals surface area contributed by atoms with Gasteiger partial charge in [-0.2, -0.15) is 0 Å². The van der Waals surface area contributed by atoms with Crippen molar-refractivity contribution >= 4 is 25.6 Å². The van der Waals surface area contributed by atoms with Gasteiger partial charge in [0.25, 0.3) is 5.88 Å². The maximum absolute atomic E-state index is 13.7. The molecule has 1 heterocycles. The Hall–Kier alpha value is -2.12. The van der Waals surface area contributed by atoms with Gasteiger partial charge in [-0.25, -0.2) is 14.2 Å². The SMILES string of the molecule is CC(Oc1ccc(Oc2ncc(Cl)cc2F)cc1)C(=O)OC[Si](C)(C)C. The number of esters is 1. The molecule has 0 aliphatic rings. The predicted molar refractivity (Wildman–Crippen MR) is 100 cm³/mol. The van der Waals surface area contributed by atoms with Crippen LogP contribution in [0.3, 0.4) is 0 Å². The van der Waals surface area contributed by atoms with E-state index in [1.165, 1.54) is 6.20 Å². The highest BCUT2D eigenvalue weighted by Crippen LogP contribution is 2.26. The first-order valence-electron chi connectivity index (χ1n) is 8.06. The molecular formula is C18H21ClFNO4Si. The normalized spacial score (nSPS) is 12.4. The van der Waals surface area contributed by atoms with Crippen molar-refractivity contribution in [1.29, 1.82) is 0 Å². The Morgan fingerprint density at radius 3 is 2.42 bits per heavy atom. The molecule has 2 rings (SSSR count). The first-order chi connectivity index (χ1) is 12.1. The molecule has 26 heavy (non-hydrogen) atoms. The molecule has 0 aliphatic carbocycles. The number of hydrogen-bond donors (Lipinski definition) is 0. The third-order valence-electron chi connectivity index (χ3n) is 3.10. The molecule has 0 N–H and O–H groups in total. The van der Waals surface area contributed by atoms with Crippen molar-refractivity contribution in [2.75, 3.05) is 6.23 Å². The predicted octanol–water partition coefficient (Wildman–Crippen LogP) is 4.85. The zero-order chi connectivity index (χ0) is 19.3. The number of aromatic nitrogens is 1. The van der Waals surface area contributed by atoms with Gasteiger partial charge in [0.15, 0.2) is 11.9 Å². The molecule has 0 amide bonds. The summed E-state index contributed by atoms with van der Waals surface area (Å²) in [5.74, 6) is -0.387. The number of carbonyl (C=O) groups is 1. The standard InChI is InChI=1S/C18H21ClFNO4Si/c1-12(18(22)23-11-26(2,3)4)24-14-5-7-15(8-6-14)25-17-16(20)9-13(19)10-21-17/h5-10,12H,11H2,1-4H3. The second kappa shape index (κ2) is 8.51. The van der Waals surface area contributed by atoms with E-state index in [2.05, 4.69) is 24.6 Å². The minimum absolute atomic E-state index is 0.175. The van der Waals surface area contributed by atoms with Crippen LogP contribution in [-0.2, 0) is 9.53 Å². The second-order valence-corrected chi connectivity index (χ2v) is 12.8. The van der Waals surface area contributed by atoms with Crippen molar-refractivity contribution < 1.29 is 23.4 Å². The first kappa shape index (κ1) is 20.2. The molecule has 8 heteroatoms. The number of carbonyl (C=O) groups excluding carboxylic acids is 1. The van der Waals surface area contributed by atoms with Crippen molar-refractivity contribution in [3.63, 3.8) is 0 Å². The van der Waals surface area contributed by atoms with E-state index >= 15 is 0 Å². The Balaban J connectivity index is 1.93. The molecule has 0 fully saturated rings. The van der Waals surface area contributed by atoms with Crippen molar-refractivity contribution in [2.45, 2.75) is 32.7 Å². The van der Waals surface area contributed by atoms with Crippen LogP contribution in [0, 0.1) is 5.82 Å². The first-order valence-corrected chi connectivity index (χ1v) is 12.1. The lowest BCUT2D eigenvalue weighted by Gasteiger charge is -2.19. The summed E-state index contributed by atoms with van der Waals surface area (Å²) < 4.78 is 29.9. The van der Waals surface area contributed by atoms with E-state index in [1.54, 1.807) is 31.2 Å². The third-order valence-corrected chi connectivity index (χ3v) is 4.32. The largest absolute Gasteiger partial charge is 0.479 e. The molecule has 1 atom stereocenters. The summed E-state index contributed by atoms with van der Waals surface area (Å²) in [6, 6.07) is 7.53. The molecule has 0 spiro atoms. The average molecular weight is 398 g/mol. The van der Waals surface area contributed by atoms with E-state index < -0.39 is 26.0 Å². The van der Waals surface area contributed by atoms with Crippen LogP contribution >= 0.6 is 11.6 Å². The van der Waals surface area contributed by atoms with Gasteiger partial charge in [-0.15, -0.1) is 0 Å². The Labute approximate surface area is 158 Å². The molecule has 1 aromatic carbocycles. The molecule has 0 aliphatic heterocycles. The second-order valence-electron chi connectivity index (χ2n) is 6.94. The van der Waals surface area contributed by atoms with Gasteiger partial charge in [-0.05, 0) is 37.3 Å². The summed E-state index contributed by atoms with van der Waals surface area (Å²) in [6.07, 6.45) is 1.02. The van der Waals surface area contributed by atoms with Crippen LogP contribution in [0.4, 0.5) is 4.39 Å². The van der Waals surface area contributed by atoms with Crippen LogP contribution in [0.1, 0.15) is 6.92 Å². The van der Waals surface area contributed by atoms with Gasteiger partial charge in [-0.1, -0.05) is 31.2 Å². The van der Waals surface area contributed by atoms with Crippen molar-refractivity contribution in [3.8, 4) is 17.4 Å². The lowest BCUT2D eigenvalue weighted by molar-refractivity contribution is -0.149. The zero-order valence-electron chi connectivity index (χ0n) is 15.1. The number of pyridine rings is 1. The molecule has 0 bridgehead atoms. The maximum atomic E-state index is 13.7. The maximum Gasteiger partial charge on any atom is 0.346 e. The summed E-state index contributed by atoms with van der Waals surface area (Å²) in [5.41, 5.74) is 0. The quantitative estimate of drug-likeness (QED) is 0.493. The monoisotopic (exact) mass is 397 g/mol. The highest BCUT2D eigenvalue weighted by molar-refractivity contribution is 6.76. The van der Waals surface area contributed by atoms with Gasteiger partial charge < -0.3 is 14.2 Å².